The molecule has 1 aromatic carbocycles. The summed E-state index contributed by atoms with van der Waals surface area (Å²) in [4.78, 5) is 26.0. The summed E-state index contributed by atoms with van der Waals surface area (Å²) in [5.74, 6) is -0.710. The number of sulfonamides is 1. The molecule has 0 aromatic heterocycles. The van der Waals surface area contributed by atoms with Crippen LogP contribution < -0.4 is 5.32 Å². The van der Waals surface area contributed by atoms with Crippen molar-refractivity contribution in [2.45, 2.75) is 31.7 Å². The van der Waals surface area contributed by atoms with Crippen molar-refractivity contribution in [3.8, 4) is 5.75 Å². The first-order valence-electron chi connectivity index (χ1n) is 9.37. The lowest BCUT2D eigenvalue weighted by Crippen LogP contribution is -2.38. The third kappa shape index (κ3) is 4.36. The molecule has 0 saturated carbocycles. The van der Waals surface area contributed by atoms with Crippen molar-refractivity contribution in [3.63, 3.8) is 0 Å². The molecule has 1 unspecified atom stereocenters. The van der Waals surface area contributed by atoms with E-state index in [9.17, 15) is 23.1 Å². The number of rotatable bonds is 4. The number of anilines is 1. The first-order valence-corrected chi connectivity index (χ1v) is 11.0. The van der Waals surface area contributed by atoms with Crippen molar-refractivity contribution in [1.82, 2.24) is 9.21 Å². The maximum atomic E-state index is 12.9. The van der Waals surface area contributed by atoms with Crippen LogP contribution in [0.2, 0.25) is 0 Å². The zero-order valence-corrected chi connectivity index (χ0v) is 16.5. The summed E-state index contributed by atoms with van der Waals surface area (Å²) < 4.78 is 25.9. The fourth-order valence-electron chi connectivity index (χ4n) is 3.79. The highest BCUT2D eigenvalue weighted by Gasteiger charge is 2.35. The number of hydrogen-bond acceptors (Lipinski definition) is 5. The van der Waals surface area contributed by atoms with Crippen LogP contribution in [0.3, 0.4) is 0 Å². The summed E-state index contributed by atoms with van der Waals surface area (Å²) in [7, 11) is -3.18. The summed E-state index contributed by atoms with van der Waals surface area (Å²) in [6.07, 6.45) is 3.74. The number of phenolic OH excluding ortho intramolecular Hbond substituents is 1. The molecule has 0 aliphatic carbocycles. The quantitative estimate of drug-likeness (QED) is 0.582. The van der Waals surface area contributed by atoms with Gasteiger partial charge in [-0.1, -0.05) is 6.58 Å². The van der Waals surface area contributed by atoms with Crippen LogP contribution in [0.5, 0.6) is 5.75 Å². The number of phenols is 1. The average molecular weight is 407 g/mol. The van der Waals surface area contributed by atoms with E-state index in [2.05, 4.69) is 11.9 Å². The van der Waals surface area contributed by atoms with Crippen molar-refractivity contribution in [2.24, 2.45) is 0 Å². The van der Waals surface area contributed by atoms with Crippen molar-refractivity contribution < 1.29 is 23.1 Å². The number of carbonyl (C=O) groups excluding carboxylic acids is 2. The van der Waals surface area contributed by atoms with Gasteiger partial charge in [-0.3, -0.25) is 9.59 Å². The standard InChI is InChI=1S/C19H25N3O5S/c1-2-18(24)20-14-6-7-17(23)16(13-14)19(25)21-9-3-5-15(8-11-21)22-10-4-12-28(22,26)27/h2,6-7,13,15,23H,1,3-5,8-12H2,(H,20,24). The Morgan fingerprint density at radius 1 is 1.18 bits per heavy atom. The van der Waals surface area contributed by atoms with Gasteiger partial charge in [-0.2, -0.15) is 4.31 Å². The predicted molar refractivity (Wildman–Crippen MR) is 106 cm³/mol. The number of aromatic hydroxyl groups is 1. The number of nitrogens with zero attached hydrogens (tertiary/aromatic N) is 2. The van der Waals surface area contributed by atoms with E-state index in [4.69, 9.17) is 0 Å². The smallest absolute Gasteiger partial charge is 0.257 e. The average Bonchev–Trinajstić information content (AvgIpc) is 2.87. The molecule has 2 aliphatic rings. The number of hydrogen-bond donors (Lipinski definition) is 2. The van der Waals surface area contributed by atoms with Crippen LogP contribution in [0.25, 0.3) is 0 Å². The molecule has 0 radical (unpaired) electrons. The predicted octanol–water partition coefficient (Wildman–Crippen LogP) is 1.55. The molecule has 2 aliphatic heterocycles. The topological polar surface area (TPSA) is 107 Å². The van der Waals surface area contributed by atoms with E-state index < -0.39 is 15.9 Å². The Morgan fingerprint density at radius 2 is 1.96 bits per heavy atom. The normalized spacial score (nSPS) is 22.4. The zero-order chi connectivity index (χ0) is 20.3. The molecule has 0 spiro atoms. The van der Waals surface area contributed by atoms with Crippen molar-refractivity contribution in [1.29, 1.82) is 0 Å². The molecule has 2 saturated heterocycles. The van der Waals surface area contributed by atoms with Crippen molar-refractivity contribution in [2.75, 3.05) is 30.7 Å². The van der Waals surface area contributed by atoms with Crippen LogP contribution in [-0.2, 0) is 14.8 Å². The molecule has 9 heteroatoms. The third-order valence-electron chi connectivity index (χ3n) is 5.21. The fraction of sp³-hybridized carbons (Fsp3) is 0.474. The SMILES string of the molecule is C=CC(=O)Nc1ccc(O)c(C(=O)N2CCCC(N3CCCS3(=O)=O)CC2)c1. The Balaban J connectivity index is 1.72. The summed E-state index contributed by atoms with van der Waals surface area (Å²) in [5, 5.41) is 12.7. The second-order valence-corrected chi connectivity index (χ2v) is 9.12. The first kappa shape index (κ1) is 20.3. The van der Waals surface area contributed by atoms with Gasteiger partial charge in [0.1, 0.15) is 5.75 Å². The molecule has 152 valence electrons. The van der Waals surface area contributed by atoms with E-state index >= 15 is 0 Å². The second-order valence-electron chi connectivity index (χ2n) is 7.08. The Hall–Kier alpha value is -2.39. The fourth-order valence-corrected chi connectivity index (χ4v) is 5.59. The molecule has 28 heavy (non-hydrogen) atoms. The first-order chi connectivity index (χ1) is 13.3. The molecule has 8 nitrogen and oxygen atoms in total. The van der Waals surface area contributed by atoms with Gasteiger partial charge in [-0.25, -0.2) is 8.42 Å². The lowest BCUT2D eigenvalue weighted by molar-refractivity contribution is -0.111. The molecule has 2 heterocycles. The van der Waals surface area contributed by atoms with E-state index in [1.165, 1.54) is 18.2 Å². The monoisotopic (exact) mass is 407 g/mol. The van der Waals surface area contributed by atoms with Crippen LogP contribution in [-0.4, -0.2) is 66.0 Å². The minimum Gasteiger partial charge on any atom is -0.507 e. The van der Waals surface area contributed by atoms with Gasteiger partial charge in [0.2, 0.25) is 15.9 Å². The van der Waals surface area contributed by atoms with Gasteiger partial charge in [-0.05, 0) is 50.0 Å². The highest BCUT2D eigenvalue weighted by Crippen LogP contribution is 2.27. The van der Waals surface area contributed by atoms with Crippen LogP contribution >= 0.6 is 0 Å². The maximum absolute atomic E-state index is 12.9. The lowest BCUT2D eigenvalue weighted by atomic mass is 10.1. The van der Waals surface area contributed by atoms with E-state index in [-0.39, 0.29) is 29.0 Å². The minimum absolute atomic E-state index is 0.0860. The molecule has 2 amide bonds. The van der Waals surface area contributed by atoms with Gasteiger partial charge >= 0.3 is 0 Å². The highest BCUT2D eigenvalue weighted by atomic mass is 32.2. The molecule has 0 bridgehead atoms. The van der Waals surface area contributed by atoms with E-state index in [0.29, 0.717) is 51.0 Å². The molecule has 1 atom stereocenters. The summed E-state index contributed by atoms with van der Waals surface area (Å²) in [6.45, 7) is 4.84. The summed E-state index contributed by atoms with van der Waals surface area (Å²) in [6, 6.07) is 4.22. The van der Waals surface area contributed by atoms with Crippen LogP contribution in [0.4, 0.5) is 5.69 Å². The van der Waals surface area contributed by atoms with Crippen molar-refractivity contribution >= 4 is 27.5 Å². The third-order valence-corrected chi connectivity index (χ3v) is 7.21. The lowest BCUT2D eigenvalue weighted by Gasteiger charge is -2.25. The molecule has 2 N–H and O–H groups in total. The number of amides is 2. The number of carbonyl (C=O) groups is 2. The Morgan fingerprint density at radius 3 is 2.64 bits per heavy atom. The van der Waals surface area contributed by atoms with Crippen LogP contribution in [0.1, 0.15) is 36.0 Å². The van der Waals surface area contributed by atoms with Gasteiger partial charge in [-0.15, -0.1) is 0 Å². The molecule has 2 fully saturated rings. The van der Waals surface area contributed by atoms with E-state index in [1.807, 2.05) is 0 Å². The second kappa shape index (κ2) is 8.32. The molecule has 3 rings (SSSR count). The molecular weight excluding hydrogens is 382 g/mol. The Labute approximate surface area is 164 Å². The maximum Gasteiger partial charge on any atom is 0.257 e. The number of benzene rings is 1. The van der Waals surface area contributed by atoms with E-state index in [0.717, 1.165) is 6.08 Å². The minimum atomic E-state index is -3.18. The highest BCUT2D eigenvalue weighted by molar-refractivity contribution is 7.89. The largest absolute Gasteiger partial charge is 0.507 e. The van der Waals surface area contributed by atoms with Gasteiger partial charge in [0.05, 0.1) is 11.3 Å². The summed E-state index contributed by atoms with van der Waals surface area (Å²) in [5.41, 5.74) is 0.496. The van der Waals surface area contributed by atoms with Gasteiger partial charge in [0.25, 0.3) is 5.91 Å². The van der Waals surface area contributed by atoms with Gasteiger partial charge in [0.15, 0.2) is 0 Å². The summed E-state index contributed by atoms with van der Waals surface area (Å²) >= 11 is 0. The molecule has 1 aromatic rings. The number of nitrogens with one attached hydrogen (secondary N) is 1. The number of likely N-dealkylation sites (tertiary alicyclic amines) is 1. The van der Waals surface area contributed by atoms with Gasteiger partial charge < -0.3 is 15.3 Å². The Kier molecular flexibility index (Phi) is 6.04. The van der Waals surface area contributed by atoms with Gasteiger partial charge in [0, 0.05) is 31.4 Å². The van der Waals surface area contributed by atoms with E-state index in [1.54, 1.807) is 9.21 Å². The molecular formula is C19H25N3O5S. The van der Waals surface area contributed by atoms with Crippen molar-refractivity contribution in [3.05, 3.63) is 36.4 Å². The zero-order valence-electron chi connectivity index (χ0n) is 15.6. The van der Waals surface area contributed by atoms with Crippen LogP contribution in [0, 0.1) is 0 Å². The van der Waals surface area contributed by atoms with Crippen LogP contribution in [0.15, 0.2) is 30.9 Å². The Bertz CT molecular complexity index is 884.